The molecule has 9 heteroatoms. The summed E-state index contributed by atoms with van der Waals surface area (Å²) in [5.74, 6) is -0.785. The Morgan fingerprint density at radius 3 is 2.06 bits per heavy atom. The van der Waals surface area contributed by atoms with Gasteiger partial charge in [-0.15, -0.1) is 0 Å². The fourth-order valence-corrected chi connectivity index (χ4v) is 4.08. The number of halogens is 2. The van der Waals surface area contributed by atoms with E-state index in [1.807, 2.05) is 0 Å². The van der Waals surface area contributed by atoms with Crippen molar-refractivity contribution in [1.29, 1.82) is 0 Å². The maximum atomic E-state index is 13.3. The summed E-state index contributed by atoms with van der Waals surface area (Å²) in [5, 5.41) is 2.86. The van der Waals surface area contributed by atoms with E-state index >= 15 is 0 Å². The maximum Gasteiger partial charge on any atom is 0.256 e. The number of methoxy groups -OCH3 is 1. The summed E-state index contributed by atoms with van der Waals surface area (Å²) in [4.78, 5) is 42.0. The van der Waals surface area contributed by atoms with E-state index in [9.17, 15) is 18.8 Å². The second-order valence-corrected chi connectivity index (χ2v) is 8.34. The van der Waals surface area contributed by atoms with E-state index in [1.54, 1.807) is 65.4 Å². The standard InChI is InChI=1S/C26H23ClFN3O4/c1-35-19-9-6-17(7-10-19)24(32)29-23-5-3-2-4-21(23)26(34)31-14-12-30(13-15-31)25(33)20-11-8-18(28)16-22(20)27/h2-11,16H,12-15H2,1H3,(H,29,32). The molecule has 7 nitrogen and oxygen atoms in total. The molecule has 35 heavy (non-hydrogen) atoms. The second-order valence-electron chi connectivity index (χ2n) is 7.94. The van der Waals surface area contributed by atoms with Crippen molar-refractivity contribution in [3.8, 4) is 5.75 Å². The summed E-state index contributed by atoms with van der Waals surface area (Å²) in [7, 11) is 1.55. The third-order valence-electron chi connectivity index (χ3n) is 5.77. The second kappa shape index (κ2) is 10.6. The molecule has 3 amide bonds. The Hall–Kier alpha value is -3.91. The molecule has 0 spiro atoms. The van der Waals surface area contributed by atoms with Crippen LogP contribution in [0.25, 0.3) is 0 Å². The van der Waals surface area contributed by atoms with Crippen LogP contribution in [0.4, 0.5) is 10.1 Å². The number of para-hydroxylation sites is 1. The molecular weight excluding hydrogens is 473 g/mol. The van der Waals surface area contributed by atoms with Crippen molar-refractivity contribution in [2.45, 2.75) is 0 Å². The van der Waals surface area contributed by atoms with E-state index in [0.29, 0.717) is 48.7 Å². The van der Waals surface area contributed by atoms with Crippen LogP contribution in [0.15, 0.2) is 66.7 Å². The normalized spacial score (nSPS) is 13.3. The molecule has 0 saturated carbocycles. The summed E-state index contributed by atoms with van der Waals surface area (Å²) in [6, 6.07) is 17.1. The van der Waals surface area contributed by atoms with Gasteiger partial charge in [0, 0.05) is 31.7 Å². The molecule has 0 unspecified atom stereocenters. The lowest BCUT2D eigenvalue weighted by molar-refractivity contribution is 0.0536. The number of nitrogens with one attached hydrogen (secondary N) is 1. The van der Waals surface area contributed by atoms with Crippen LogP contribution in [0.3, 0.4) is 0 Å². The summed E-state index contributed by atoms with van der Waals surface area (Å²) in [6.07, 6.45) is 0. The Morgan fingerprint density at radius 1 is 0.857 bits per heavy atom. The lowest BCUT2D eigenvalue weighted by Crippen LogP contribution is -2.50. The molecule has 0 atom stereocenters. The summed E-state index contributed by atoms with van der Waals surface area (Å²) in [5.41, 5.74) is 1.41. The Morgan fingerprint density at radius 2 is 1.46 bits per heavy atom. The van der Waals surface area contributed by atoms with Crippen LogP contribution < -0.4 is 10.1 Å². The largest absolute Gasteiger partial charge is 0.497 e. The van der Waals surface area contributed by atoms with Crippen LogP contribution in [-0.4, -0.2) is 60.8 Å². The minimum Gasteiger partial charge on any atom is -0.497 e. The molecular formula is C26H23ClFN3O4. The fourth-order valence-electron chi connectivity index (χ4n) is 3.83. The number of anilines is 1. The Kier molecular flexibility index (Phi) is 7.31. The SMILES string of the molecule is COc1ccc(C(=O)Nc2ccccc2C(=O)N2CCN(C(=O)c3ccc(F)cc3Cl)CC2)cc1. The molecule has 4 rings (SSSR count). The summed E-state index contributed by atoms with van der Waals surface area (Å²) >= 11 is 6.03. The Balaban J connectivity index is 1.42. The average Bonchev–Trinajstić information content (AvgIpc) is 2.88. The van der Waals surface area contributed by atoms with Gasteiger partial charge in [0.05, 0.1) is 28.9 Å². The van der Waals surface area contributed by atoms with Crippen molar-refractivity contribution in [1.82, 2.24) is 9.80 Å². The van der Waals surface area contributed by atoms with Crippen LogP contribution in [0, 0.1) is 5.82 Å². The molecule has 1 N–H and O–H groups in total. The monoisotopic (exact) mass is 495 g/mol. The van der Waals surface area contributed by atoms with Gasteiger partial charge in [0.2, 0.25) is 0 Å². The number of benzene rings is 3. The number of rotatable bonds is 5. The number of hydrogen-bond acceptors (Lipinski definition) is 4. The molecule has 1 aliphatic rings. The molecule has 1 saturated heterocycles. The van der Waals surface area contributed by atoms with E-state index in [0.717, 1.165) is 6.07 Å². The van der Waals surface area contributed by atoms with Gasteiger partial charge < -0.3 is 19.9 Å². The highest BCUT2D eigenvalue weighted by Crippen LogP contribution is 2.22. The quantitative estimate of drug-likeness (QED) is 0.571. The third kappa shape index (κ3) is 5.44. The van der Waals surface area contributed by atoms with E-state index in [4.69, 9.17) is 16.3 Å². The zero-order chi connectivity index (χ0) is 24.9. The molecule has 0 bridgehead atoms. The highest BCUT2D eigenvalue weighted by atomic mass is 35.5. The lowest BCUT2D eigenvalue weighted by atomic mass is 10.1. The summed E-state index contributed by atoms with van der Waals surface area (Å²) < 4.78 is 18.4. The zero-order valence-electron chi connectivity index (χ0n) is 19.0. The minimum atomic E-state index is -0.514. The first kappa shape index (κ1) is 24.2. The third-order valence-corrected chi connectivity index (χ3v) is 6.09. The molecule has 0 aliphatic carbocycles. The first-order chi connectivity index (χ1) is 16.9. The molecule has 3 aromatic rings. The highest BCUT2D eigenvalue weighted by molar-refractivity contribution is 6.33. The zero-order valence-corrected chi connectivity index (χ0v) is 19.7. The predicted octanol–water partition coefficient (Wildman–Crippen LogP) is 4.34. The van der Waals surface area contributed by atoms with E-state index in [-0.39, 0.29) is 28.3 Å². The molecule has 180 valence electrons. The van der Waals surface area contributed by atoms with Gasteiger partial charge in [-0.1, -0.05) is 23.7 Å². The van der Waals surface area contributed by atoms with Gasteiger partial charge in [0.25, 0.3) is 17.7 Å². The van der Waals surface area contributed by atoms with Gasteiger partial charge in [-0.2, -0.15) is 0 Å². The van der Waals surface area contributed by atoms with Gasteiger partial charge in [-0.05, 0) is 54.6 Å². The molecule has 1 aliphatic heterocycles. The van der Waals surface area contributed by atoms with Crippen molar-refractivity contribution >= 4 is 35.0 Å². The van der Waals surface area contributed by atoms with Gasteiger partial charge in [-0.25, -0.2) is 4.39 Å². The number of ether oxygens (including phenoxy) is 1. The topological polar surface area (TPSA) is 79.0 Å². The van der Waals surface area contributed by atoms with Gasteiger partial charge >= 0.3 is 0 Å². The minimum absolute atomic E-state index is 0.0510. The Labute approximate surface area is 207 Å². The molecule has 3 aromatic carbocycles. The van der Waals surface area contributed by atoms with Crippen molar-refractivity contribution in [2.24, 2.45) is 0 Å². The molecule has 0 aromatic heterocycles. The number of carbonyl (C=O) groups is 3. The van der Waals surface area contributed by atoms with Crippen LogP contribution in [0.2, 0.25) is 5.02 Å². The number of piperazine rings is 1. The smallest absolute Gasteiger partial charge is 0.256 e. The first-order valence-corrected chi connectivity index (χ1v) is 11.3. The van der Waals surface area contributed by atoms with Gasteiger partial charge in [-0.3, -0.25) is 14.4 Å². The fraction of sp³-hybridized carbons (Fsp3) is 0.192. The average molecular weight is 496 g/mol. The number of amides is 3. The Bertz CT molecular complexity index is 1260. The van der Waals surface area contributed by atoms with Gasteiger partial charge in [0.15, 0.2) is 0 Å². The number of carbonyl (C=O) groups excluding carboxylic acids is 3. The molecule has 1 heterocycles. The number of hydrogen-bond donors (Lipinski definition) is 1. The van der Waals surface area contributed by atoms with Crippen LogP contribution >= 0.6 is 11.6 Å². The van der Waals surface area contributed by atoms with E-state index < -0.39 is 5.82 Å². The van der Waals surface area contributed by atoms with Crippen molar-refractivity contribution < 1.29 is 23.5 Å². The number of nitrogens with zero attached hydrogens (tertiary/aromatic N) is 2. The molecule has 0 radical (unpaired) electrons. The van der Waals surface area contributed by atoms with Crippen LogP contribution in [0.1, 0.15) is 31.1 Å². The van der Waals surface area contributed by atoms with E-state index in [2.05, 4.69) is 5.32 Å². The van der Waals surface area contributed by atoms with Crippen LogP contribution in [-0.2, 0) is 0 Å². The first-order valence-electron chi connectivity index (χ1n) is 11.0. The van der Waals surface area contributed by atoms with Crippen molar-refractivity contribution in [3.05, 3.63) is 94.3 Å². The lowest BCUT2D eigenvalue weighted by Gasteiger charge is -2.35. The summed E-state index contributed by atoms with van der Waals surface area (Å²) in [6.45, 7) is 1.23. The van der Waals surface area contributed by atoms with Crippen molar-refractivity contribution in [2.75, 3.05) is 38.6 Å². The predicted molar refractivity (Wildman–Crippen MR) is 131 cm³/mol. The highest BCUT2D eigenvalue weighted by Gasteiger charge is 2.27. The van der Waals surface area contributed by atoms with E-state index in [1.165, 1.54) is 12.1 Å². The maximum absolute atomic E-state index is 13.3. The molecule has 1 fully saturated rings. The van der Waals surface area contributed by atoms with Crippen molar-refractivity contribution in [3.63, 3.8) is 0 Å². The van der Waals surface area contributed by atoms with Gasteiger partial charge in [0.1, 0.15) is 11.6 Å². The van der Waals surface area contributed by atoms with Crippen LogP contribution in [0.5, 0.6) is 5.75 Å².